The van der Waals surface area contributed by atoms with E-state index >= 15 is 0 Å². The fraction of sp³-hybridized carbons (Fsp3) is 0.267. The smallest absolute Gasteiger partial charge is 0.145 e. The first-order chi connectivity index (χ1) is 10.8. The summed E-state index contributed by atoms with van der Waals surface area (Å²) in [5.74, 6) is 0.406. The van der Waals surface area contributed by atoms with Gasteiger partial charge in [0.1, 0.15) is 23.0 Å². The van der Waals surface area contributed by atoms with Gasteiger partial charge in [0.2, 0.25) is 0 Å². The van der Waals surface area contributed by atoms with Crippen LogP contribution in [0.4, 0.5) is 10.2 Å². The van der Waals surface area contributed by atoms with Gasteiger partial charge >= 0.3 is 0 Å². The van der Waals surface area contributed by atoms with Crippen molar-refractivity contribution in [2.24, 2.45) is 0 Å². The van der Waals surface area contributed by atoms with Crippen LogP contribution in [0.25, 0.3) is 17.0 Å². The number of pyridine rings is 1. The first-order valence-corrected chi connectivity index (χ1v) is 7.22. The summed E-state index contributed by atoms with van der Waals surface area (Å²) in [6, 6.07) is 3.39. The summed E-state index contributed by atoms with van der Waals surface area (Å²) in [5.41, 5.74) is 2.06. The number of rotatable bonds is 3. The Balaban J connectivity index is 1.70. The number of hydrogen-bond acceptors (Lipinski definition) is 5. The molecule has 0 aromatic carbocycles. The van der Waals surface area contributed by atoms with E-state index in [-0.39, 0.29) is 5.82 Å². The lowest BCUT2D eigenvalue weighted by Crippen LogP contribution is -2.22. The van der Waals surface area contributed by atoms with Gasteiger partial charge < -0.3 is 10.6 Å². The van der Waals surface area contributed by atoms with Gasteiger partial charge in [0.15, 0.2) is 0 Å². The van der Waals surface area contributed by atoms with E-state index in [0.717, 1.165) is 31.0 Å². The van der Waals surface area contributed by atoms with E-state index in [2.05, 4.69) is 25.6 Å². The molecule has 0 bridgehead atoms. The topological polar surface area (TPSA) is 67.1 Å². The Kier molecular flexibility index (Phi) is 3.19. The van der Waals surface area contributed by atoms with Crippen LogP contribution in [0.2, 0.25) is 0 Å². The molecular formula is C15H15FN6. The lowest BCUT2D eigenvalue weighted by Gasteiger charge is -2.12. The van der Waals surface area contributed by atoms with Crippen LogP contribution < -0.4 is 10.6 Å². The molecule has 1 atom stereocenters. The minimum atomic E-state index is -0.314. The van der Waals surface area contributed by atoms with Crippen LogP contribution in [0.1, 0.15) is 6.42 Å². The van der Waals surface area contributed by atoms with Crippen LogP contribution in [0.15, 0.2) is 36.9 Å². The van der Waals surface area contributed by atoms with E-state index in [0.29, 0.717) is 17.4 Å². The van der Waals surface area contributed by atoms with Gasteiger partial charge in [-0.25, -0.2) is 14.4 Å². The molecule has 3 aromatic heterocycles. The number of nitrogens with zero attached hydrogens (tertiary/aromatic N) is 4. The van der Waals surface area contributed by atoms with Crippen molar-refractivity contribution in [1.29, 1.82) is 0 Å². The van der Waals surface area contributed by atoms with Crippen molar-refractivity contribution in [2.75, 3.05) is 18.4 Å². The standard InChI is InChI=1S/C15H15FN6/c16-10-1-2-15-19-7-13(22(15)9-10)12-6-18-8-14(21-12)20-11-3-4-17-5-11/h1-2,6-9,11,17H,3-5H2,(H,20,21)/t11-/m1/s1. The molecule has 0 spiro atoms. The van der Waals surface area contributed by atoms with Crippen molar-refractivity contribution >= 4 is 11.5 Å². The summed E-state index contributed by atoms with van der Waals surface area (Å²) in [6.45, 7) is 1.93. The van der Waals surface area contributed by atoms with E-state index < -0.39 is 0 Å². The molecule has 0 unspecified atom stereocenters. The van der Waals surface area contributed by atoms with E-state index in [1.807, 2.05) is 0 Å². The van der Waals surface area contributed by atoms with Gasteiger partial charge in [-0.3, -0.25) is 9.38 Å². The van der Waals surface area contributed by atoms with Crippen LogP contribution in [0.3, 0.4) is 0 Å². The Morgan fingerprint density at radius 2 is 2.23 bits per heavy atom. The molecule has 0 radical (unpaired) electrons. The Hall–Kier alpha value is -2.54. The van der Waals surface area contributed by atoms with Crippen LogP contribution in [-0.2, 0) is 0 Å². The van der Waals surface area contributed by atoms with E-state index in [9.17, 15) is 4.39 Å². The molecule has 4 rings (SSSR count). The van der Waals surface area contributed by atoms with Gasteiger partial charge in [-0.15, -0.1) is 0 Å². The Morgan fingerprint density at radius 1 is 1.27 bits per heavy atom. The zero-order chi connectivity index (χ0) is 14.9. The van der Waals surface area contributed by atoms with Crippen LogP contribution >= 0.6 is 0 Å². The lowest BCUT2D eigenvalue weighted by atomic mass is 10.2. The van der Waals surface area contributed by atoms with Crippen LogP contribution in [0.5, 0.6) is 0 Å². The predicted molar refractivity (Wildman–Crippen MR) is 81.1 cm³/mol. The summed E-state index contributed by atoms with van der Waals surface area (Å²) in [4.78, 5) is 13.1. The molecule has 112 valence electrons. The van der Waals surface area contributed by atoms with Crippen molar-refractivity contribution in [2.45, 2.75) is 12.5 Å². The molecule has 2 N–H and O–H groups in total. The Morgan fingerprint density at radius 3 is 3.09 bits per heavy atom. The molecule has 7 heteroatoms. The summed E-state index contributed by atoms with van der Waals surface area (Å²) < 4.78 is 15.1. The zero-order valence-corrected chi connectivity index (χ0v) is 11.8. The summed E-state index contributed by atoms with van der Waals surface area (Å²) in [7, 11) is 0. The molecule has 0 saturated carbocycles. The zero-order valence-electron chi connectivity index (χ0n) is 11.8. The van der Waals surface area contributed by atoms with Crippen molar-refractivity contribution < 1.29 is 4.39 Å². The van der Waals surface area contributed by atoms with Crippen molar-refractivity contribution in [1.82, 2.24) is 24.7 Å². The molecule has 1 aliphatic heterocycles. The lowest BCUT2D eigenvalue weighted by molar-refractivity contribution is 0.619. The first kappa shape index (κ1) is 13.1. The van der Waals surface area contributed by atoms with Crippen molar-refractivity contribution in [3.8, 4) is 11.4 Å². The number of anilines is 1. The largest absolute Gasteiger partial charge is 0.365 e. The molecule has 3 aromatic rings. The van der Waals surface area contributed by atoms with Crippen LogP contribution in [0, 0.1) is 5.82 Å². The van der Waals surface area contributed by atoms with Gasteiger partial charge in [0.25, 0.3) is 0 Å². The highest BCUT2D eigenvalue weighted by Crippen LogP contribution is 2.20. The minimum Gasteiger partial charge on any atom is -0.365 e. The third kappa shape index (κ3) is 2.39. The molecule has 1 aliphatic rings. The highest BCUT2D eigenvalue weighted by atomic mass is 19.1. The maximum Gasteiger partial charge on any atom is 0.145 e. The SMILES string of the molecule is Fc1ccc2ncc(-c3cncc(N[C@@H]4CCNC4)n3)n2c1. The quantitative estimate of drug-likeness (QED) is 0.770. The normalized spacial score (nSPS) is 18.0. The highest BCUT2D eigenvalue weighted by molar-refractivity contribution is 5.60. The predicted octanol–water partition coefficient (Wildman–Crippen LogP) is 1.70. The average molecular weight is 298 g/mol. The molecule has 1 saturated heterocycles. The van der Waals surface area contributed by atoms with Crippen LogP contribution in [-0.4, -0.2) is 38.5 Å². The van der Waals surface area contributed by atoms with Gasteiger partial charge in [-0.2, -0.15) is 0 Å². The number of nitrogens with one attached hydrogen (secondary N) is 2. The molecule has 4 heterocycles. The number of hydrogen-bond donors (Lipinski definition) is 2. The minimum absolute atomic E-state index is 0.314. The van der Waals surface area contributed by atoms with Gasteiger partial charge in [-0.05, 0) is 25.1 Å². The van der Waals surface area contributed by atoms with E-state index in [4.69, 9.17) is 0 Å². The number of imidazole rings is 1. The summed E-state index contributed by atoms with van der Waals surface area (Å²) in [5, 5.41) is 6.66. The molecule has 0 aliphatic carbocycles. The molecular weight excluding hydrogens is 283 g/mol. The second-order valence-electron chi connectivity index (χ2n) is 5.34. The Labute approximate surface area is 126 Å². The molecule has 6 nitrogen and oxygen atoms in total. The fourth-order valence-corrected chi connectivity index (χ4v) is 2.69. The maximum absolute atomic E-state index is 13.5. The third-order valence-corrected chi connectivity index (χ3v) is 3.78. The number of halogens is 1. The second kappa shape index (κ2) is 5.34. The molecule has 22 heavy (non-hydrogen) atoms. The molecule has 0 amide bonds. The van der Waals surface area contributed by atoms with Gasteiger partial charge in [0, 0.05) is 18.8 Å². The number of aromatic nitrogens is 4. The summed E-state index contributed by atoms with van der Waals surface area (Å²) in [6.07, 6.45) is 7.50. The van der Waals surface area contributed by atoms with Gasteiger partial charge in [0.05, 0.1) is 24.3 Å². The average Bonchev–Trinajstić information content (AvgIpc) is 3.16. The Bertz CT molecular complexity index is 809. The fourth-order valence-electron chi connectivity index (χ4n) is 2.69. The highest BCUT2D eigenvalue weighted by Gasteiger charge is 2.15. The monoisotopic (exact) mass is 298 g/mol. The number of fused-ring (bicyclic) bond motifs is 1. The first-order valence-electron chi connectivity index (χ1n) is 7.22. The third-order valence-electron chi connectivity index (χ3n) is 3.78. The van der Waals surface area contributed by atoms with E-state index in [1.165, 1.54) is 12.3 Å². The van der Waals surface area contributed by atoms with Gasteiger partial charge in [-0.1, -0.05) is 0 Å². The maximum atomic E-state index is 13.5. The van der Waals surface area contributed by atoms with E-state index in [1.54, 1.807) is 29.1 Å². The van der Waals surface area contributed by atoms with Crippen molar-refractivity contribution in [3.05, 3.63) is 42.7 Å². The summed E-state index contributed by atoms with van der Waals surface area (Å²) >= 11 is 0. The van der Waals surface area contributed by atoms with Crippen molar-refractivity contribution in [3.63, 3.8) is 0 Å². The second-order valence-corrected chi connectivity index (χ2v) is 5.34. The molecule has 1 fully saturated rings.